The highest BCUT2D eigenvalue weighted by atomic mass is 35.5. The van der Waals surface area contributed by atoms with Crippen molar-refractivity contribution in [2.24, 2.45) is 0 Å². The van der Waals surface area contributed by atoms with Crippen LogP contribution in [0, 0.1) is 5.82 Å². The first kappa shape index (κ1) is 16.3. The highest BCUT2D eigenvalue weighted by Gasteiger charge is 2.15. The third-order valence-electron chi connectivity index (χ3n) is 3.73. The molecule has 0 radical (unpaired) electrons. The molecule has 25 heavy (non-hydrogen) atoms. The van der Waals surface area contributed by atoms with Crippen molar-refractivity contribution in [2.75, 3.05) is 5.32 Å². The Balaban J connectivity index is 1.87. The fourth-order valence-electron chi connectivity index (χ4n) is 2.55. The number of hydrogen-bond donors (Lipinski definition) is 1. The fraction of sp³-hybridized carbons (Fsp3) is 0. The molecule has 4 rings (SSSR count). The van der Waals surface area contributed by atoms with Gasteiger partial charge in [0.1, 0.15) is 22.8 Å². The predicted octanol–water partition coefficient (Wildman–Crippen LogP) is 6.55. The number of rotatable bonds is 3. The van der Waals surface area contributed by atoms with Crippen molar-refractivity contribution in [3.05, 3.63) is 70.0 Å². The molecule has 0 saturated heterocycles. The predicted molar refractivity (Wildman–Crippen MR) is 103 cm³/mol. The zero-order valence-electron chi connectivity index (χ0n) is 12.6. The summed E-state index contributed by atoms with van der Waals surface area (Å²) in [6, 6.07) is 11.6. The Morgan fingerprint density at radius 3 is 2.40 bits per heavy atom. The van der Waals surface area contributed by atoms with Gasteiger partial charge in [-0.1, -0.05) is 41.4 Å². The van der Waals surface area contributed by atoms with Gasteiger partial charge in [0, 0.05) is 10.9 Å². The largest absolute Gasteiger partial charge is 0.337 e. The smallest absolute Gasteiger partial charge is 0.143 e. The van der Waals surface area contributed by atoms with E-state index in [0.29, 0.717) is 21.6 Å². The van der Waals surface area contributed by atoms with Crippen molar-refractivity contribution in [2.45, 2.75) is 0 Å². The van der Waals surface area contributed by atoms with E-state index in [-0.39, 0.29) is 5.82 Å². The second-order valence-electron chi connectivity index (χ2n) is 5.28. The number of hydrogen-bond acceptors (Lipinski definition) is 4. The minimum atomic E-state index is -0.277. The van der Waals surface area contributed by atoms with Gasteiger partial charge in [-0.15, -0.1) is 11.3 Å². The van der Waals surface area contributed by atoms with Crippen molar-refractivity contribution in [1.29, 1.82) is 0 Å². The summed E-state index contributed by atoms with van der Waals surface area (Å²) < 4.78 is 13.2. The van der Waals surface area contributed by atoms with Crippen LogP contribution in [0.15, 0.2) is 54.2 Å². The molecule has 0 aliphatic rings. The Morgan fingerprint density at radius 1 is 0.960 bits per heavy atom. The highest BCUT2D eigenvalue weighted by Crippen LogP contribution is 2.39. The molecule has 2 aromatic carbocycles. The minimum absolute atomic E-state index is 0.277. The maximum atomic E-state index is 13.2. The van der Waals surface area contributed by atoms with Crippen LogP contribution in [0.5, 0.6) is 0 Å². The molecular weight excluding hydrogens is 380 g/mol. The van der Waals surface area contributed by atoms with E-state index in [0.717, 1.165) is 21.3 Å². The van der Waals surface area contributed by atoms with Crippen LogP contribution in [0.4, 0.5) is 15.9 Å². The number of halogens is 3. The summed E-state index contributed by atoms with van der Waals surface area (Å²) in [5, 5.41) is 7.03. The molecule has 0 unspecified atom stereocenters. The van der Waals surface area contributed by atoms with Gasteiger partial charge in [0.15, 0.2) is 0 Å². The lowest BCUT2D eigenvalue weighted by molar-refractivity contribution is 0.628. The summed E-state index contributed by atoms with van der Waals surface area (Å²) in [4.78, 5) is 9.49. The number of aromatic nitrogens is 2. The molecule has 3 nitrogen and oxygen atoms in total. The zero-order chi connectivity index (χ0) is 17.4. The molecule has 0 aliphatic heterocycles. The summed E-state index contributed by atoms with van der Waals surface area (Å²) in [5.41, 5.74) is 2.39. The van der Waals surface area contributed by atoms with Gasteiger partial charge < -0.3 is 5.32 Å². The van der Waals surface area contributed by atoms with Gasteiger partial charge in [-0.2, -0.15) is 0 Å². The van der Waals surface area contributed by atoms with Crippen LogP contribution < -0.4 is 5.32 Å². The van der Waals surface area contributed by atoms with Gasteiger partial charge in [0.2, 0.25) is 0 Å². The van der Waals surface area contributed by atoms with Gasteiger partial charge >= 0.3 is 0 Å². The number of nitrogens with zero attached hydrogens (tertiary/aromatic N) is 2. The molecule has 0 amide bonds. The number of fused-ring (bicyclic) bond motifs is 1. The lowest BCUT2D eigenvalue weighted by atomic mass is 10.1. The number of para-hydroxylation sites is 1. The molecule has 0 aliphatic carbocycles. The quantitative estimate of drug-likeness (QED) is 0.431. The molecule has 4 aromatic rings. The topological polar surface area (TPSA) is 37.8 Å². The van der Waals surface area contributed by atoms with Crippen LogP contribution in [-0.2, 0) is 0 Å². The first-order valence-electron chi connectivity index (χ1n) is 7.32. The number of thiophene rings is 1. The SMILES string of the molecule is Fc1ccc(-c2csc3ncnc(Nc4c(Cl)cccc4Cl)c23)cc1. The van der Waals surface area contributed by atoms with Crippen molar-refractivity contribution in [3.63, 3.8) is 0 Å². The molecular formula is C18H10Cl2FN3S. The Hall–Kier alpha value is -2.21. The molecule has 2 aromatic heterocycles. The van der Waals surface area contributed by atoms with Crippen LogP contribution in [0.25, 0.3) is 21.3 Å². The third kappa shape index (κ3) is 3.06. The van der Waals surface area contributed by atoms with Crippen molar-refractivity contribution >= 4 is 56.3 Å². The van der Waals surface area contributed by atoms with E-state index in [1.807, 2.05) is 5.38 Å². The van der Waals surface area contributed by atoms with Crippen molar-refractivity contribution in [1.82, 2.24) is 9.97 Å². The summed E-state index contributed by atoms with van der Waals surface area (Å²) in [5.74, 6) is 0.321. The lowest BCUT2D eigenvalue weighted by Gasteiger charge is -2.11. The second kappa shape index (κ2) is 6.59. The van der Waals surface area contributed by atoms with Crippen LogP contribution in [0.2, 0.25) is 10.0 Å². The maximum Gasteiger partial charge on any atom is 0.143 e. The lowest BCUT2D eigenvalue weighted by Crippen LogP contribution is -1.97. The second-order valence-corrected chi connectivity index (χ2v) is 6.95. The summed E-state index contributed by atoms with van der Waals surface area (Å²) in [6.07, 6.45) is 1.49. The summed E-state index contributed by atoms with van der Waals surface area (Å²) in [6.45, 7) is 0. The monoisotopic (exact) mass is 389 g/mol. The van der Waals surface area contributed by atoms with Gasteiger partial charge in [-0.3, -0.25) is 0 Å². The molecule has 2 heterocycles. The van der Waals surface area contributed by atoms with Crippen molar-refractivity contribution < 1.29 is 4.39 Å². The van der Waals surface area contributed by atoms with E-state index in [9.17, 15) is 4.39 Å². The van der Waals surface area contributed by atoms with Crippen LogP contribution in [0.3, 0.4) is 0 Å². The van der Waals surface area contributed by atoms with E-state index in [4.69, 9.17) is 23.2 Å². The molecule has 0 atom stereocenters. The van der Waals surface area contributed by atoms with Gasteiger partial charge in [-0.05, 0) is 29.8 Å². The van der Waals surface area contributed by atoms with Crippen LogP contribution >= 0.6 is 34.5 Å². The zero-order valence-corrected chi connectivity index (χ0v) is 15.0. The Morgan fingerprint density at radius 2 is 1.68 bits per heavy atom. The number of anilines is 2. The van der Waals surface area contributed by atoms with Crippen LogP contribution in [-0.4, -0.2) is 9.97 Å². The maximum absolute atomic E-state index is 13.2. The minimum Gasteiger partial charge on any atom is -0.337 e. The highest BCUT2D eigenvalue weighted by molar-refractivity contribution is 7.17. The number of nitrogens with one attached hydrogen (secondary N) is 1. The Labute approximate surface area is 157 Å². The normalized spacial score (nSPS) is 11.0. The Bertz CT molecular complexity index is 1040. The standard InChI is InChI=1S/C18H10Cl2FN3S/c19-13-2-1-3-14(20)16(13)24-17-15-12(8-25-18(15)23-9-22-17)10-4-6-11(21)7-5-10/h1-9H,(H,22,23,24). The molecule has 0 fully saturated rings. The van der Waals surface area contributed by atoms with E-state index in [1.165, 1.54) is 29.8 Å². The molecule has 0 bridgehead atoms. The Kier molecular flexibility index (Phi) is 4.29. The van der Waals surface area contributed by atoms with E-state index in [1.54, 1.807) is 30.3 Å². The van der Waals surface area contributed by atoms with Crippen molar-refractivity contribution in [3.8, 4) is 11.1 Å². The van der Waals surface area contributed by atoms with E-state index >= 15 is 0 Å². The molecule has 1 N–H and O–H groups in total. The summed E-state index contributed by atoms with van der Waals surface area (Å²) in [7, 11) is 0. The molecule has 124 valence electrons. The van der Waals surface area contributed by atoms with Crippen LogP contribution in [0.1, 0.15) is 0 Å². The number of benzene rings is 2. The van der Waals surface area contributed by atoms with E-state index in [2.05, 4.69) is 15.3 Å². The molecule has 0 spiro atoms. The fourth-order valence-corrected chi connectivity index (χ4v) is 3.96. The van der Waals surface area contributed by atoms with Gasteiger partial charge in [0.25, 0.3) is 0 Å². The average Bonchev–Trinajstić information content (AvgIpc) is 3.04. The molecule has 7 heteroatoms. The van der Waals surface area contributed by atoms with E-state index < -0.39 is 0 Å². The first-order chi connectivity index (χ1) is 12.1. The summed E-state index contributed by atoms with van der Waals surface area (Å²) >= 11 is 14.0. The third-order valence-corrected chi connectivity index (χ3v) is 5.25. The van der Waals surface area contributed by atoms with Gasteiger partial charge in [0.05, 0.1) is 21.1 Å². The first-order valence-corrected chi connectivity index (χ1v) is 8.96. The average molecular weight is 390 g/mol. The molecule has 0 saturated carbocycles. The van der Waals surface area contributed by atoms with Gasteiger partial charge in [-0.25, -0.2) is 14.4 Å².